The van der Waals surface area contributed by atoms with Crippen LogP contribution in [0.5, 0.6) is 0 Å². The van der Waals surface area contributed by atoms with Gasteiger partial charge in [0.2, 0.25) is 0 Å². The SMILES string of the molecule is CCCSc1ncc(CC(Cc2ccccc2)(C(=O)O)C(=O)O)n1Cc1ccccc1Cl. The van der Waals surface area contributed by atoms with Crippen LogP contribution in [0.4, 0.5) is 0 Å². The summed E-state index contributed by atoms with van der Waals surface area (Å²) >= 11 is 7.92. The van der Waals surface area contributed by atoms with Crippen LogP contribution in [0.3, 0.4) is 0 Å². The molecule has 0 spiro atoms. The first-order chi connectivity index (χ1) is 15.4. The van der Waals surface area contributed by atoms with E-state index in [4.69, 9.17) is 11.6 Å². The Hall–Kier alpha value is -2.77. The standard InChI is InChI=1S/C24H25ClN2O4S/c1-2-12-32-23-26-15-19(27(23)16-18-10-6-7-11-20(18)25)14-24(21(28)29,22(30)31)13-17-8-4-3-5-9-17/h3-11,15H,2,12-14,16H2,1H3,(H,28,29)(H,30,31). The second-order valence-electron chi connectivity index (χ2n) is 7.59. The van der Waals surface area contributed by atoms with Crippen molar-refractivity contribution in [2.45, 2.75) is 37.9 Å². The van der Waals surface area contributed by atoms with Gasteiger partial charge in [0.15, 0.2) is 10.6 Å². The normalized spacial score (nSPS) is 11.4. The van der Waals surface area contributed by atoms with E-state index in [0.717, 1.165) is 17.7 Å². The predicted octanol–water partition coefficient (Wildman–Crippen LogP) is 5.03. The molecule has 32 heavy (non-hydrogen) atoms. The Morgan fingerprint density at radius 1 is 1.03 bits per heavy atom. The van der Waals surface area contributed by atoms with E-state index in [1.165, 1.54) is 0 Å². The molecule has 0 aliphatic heterocycles. The van der Waals surface area contributed by atoms with Gasteiger partial charge < -0.3 is 14.8 Å². The number of thioether (sulfide) groups is 1. The average Bonchev–Trinajstić information content (AvgIpc) is 3.14. The number of aromatic nitrogens is 2. The third kappa shape index (κ3) is 5.34. The van der Waals surface area contributed by atoms with E-state index in [-0.39, 0.29) is 12.8 Å². The third-order valence-electron chi connectivity index (χ3n) is 5.27. The summed E-state index contributed by atoms with van der Waals surface area (Å²) in [5, 5.41) is 21.4. The van der Waals surface area contributed by atoms with Gasteiger partial charge in [-0.15, -0.1) is 0 Å². The largest absolute Gasteiger partial charge is 0.480 e. The minimum absolute atomic E-state index is 0.132. The maximum absolute atomic E-state index is 12.3. The molecular formula is C24H25ClN2O4S. The second-order valence-corrected chi connectivity index (χ2v) is 9.06. The fraction of sp³-hybridized carbons (Fsp3) is 0.292. The van der Waals surface area contributed by atoms with Crippen LogP contribution >= 0.6 is 23.4 Å². The van der Waals surface area contributed by atoms with Gasteiger partial charge in [-0.1, -0.05) is 78.8 Å². The van der Waals surface area contributed by atoms with Crippen molar-refractivity contribution in [2.75, 3.05) is 5.75 Å². The fourth-order valence-electron chi connectivity index (χ4n) is 3.52. The van der Waals surface area contributed by atoms with Crippen molar-refractivity contribution in [2.24, 2.45) is 5.41 Å². The summed E-state index contributed by atoms with van der Waals surface area (Å²) in [5.74, 6) is -1.91. The Labute approximate surface area is 196 Å². The predicted molar refractivity (Wildman–Crippen MR) is 125 cm³/mol. The quantitative estimate of drug-likeness (QED) is 0.300. The van der Waals surface area contributed by atoms with Gasteiger partial charge in [0.1, 0.15) is 0 Å². The zero-order chi connectivity index (χ0) is 23.1. The molecule has 2 aromatic carbocycles. The molecule has 3 rings (SSSR count). The minimum Gasteiger partial charge on any atom is -0.480 e. The highest BCUT2D eigenvalue weighted by molar-refractivity contribution is 7.99. The number of carboxylic acids is 2. The fourth-order valence-corrected chi connectivity index (χ4v) is 4.56. The van der Waals surface area contributed by atoms with Crippen LogP contribution in [-0.4, -0.2) is 37.5 Å². The van der Waals surface area contributed by atoms with Crippen molar-refractivity contribution >= 4 is 35.3 Å². The monoisotopic (exact) mass is 472 g/mol. The summed E-state index contributed by atoms with van der Waals surface area (Å²) in [7, 11) is 0. The number of aliphatic carboxylic acids is 2. The molecule has 1 aromatic heterocycles. The number of hydrogen-bond donors (Lipinski definition) is 2. The van der Waals surface area contributed by atoms with Crippen molar-refractivity contribution in [1.82, 2.24) is 9.55 Å². The molecular weight excluding hydrogens is 448 g/mol. The number of halogens is 1. The zero-order valence-corrected chi connectivity index (χ0v) is 19.3. The molecule has 0 aliphatic carbocycles. The van der Waals surface area contributed by atoms with Crippen molar-refractivity contribution in [1.29, 1.82) is 0 Å². The van der Waals surface area contributed by atoms with Crippen molar-refractivity contribution in [3.8, 4) is 0 Å². The lowest BCUT2D eigenvalue weighted by atomic mass is 9.77. The van der Waals surface area contributed by atoms with Crippen LogP contribution in [0, 0.1) is 5.41 Å². The molecule has 0 radical (unpaired) electrons. The lowest BCUT2D eigenvalue weighted by Crippen LogP contribution is -2.43. The summed E-state index contributed by atoms with van der Waals surface area (Å²) in [5.41, 5.74) is 0.0251. The lowest BCUT2D eigenvalue weighted by molar-refractivity contribution is -0.164. The van der Waals surface area contributed by atoms with Gasteiger partial charge in [0, 0.05) is 29.1 Å². The first-order valence-corrected chi connectivity index (χ1v) is 11.6. The molecule has 0 amide bonds. The average molecular weight is 473 g/mol. The molecule has 0 saturated heterocycles. The first-order valence-electron chi connectivity index (χ1n) is 10.3. The highest BCUT2D eigenvalue weighted by Crippen LogP contribution is 2.32. The van der Waals surface area contributed by atoms with Gasteiger partial charge in [0.25, 0.3) is 0 Å². The van der Waals surface area contributed by atoms with E-state index >= 15 is 0 Å². The van der Waals surface area contributed by atoms with Gasteiger partial charge in [-0.05, 0) is 30.0 Å². The Kier molecular flexibility index (Phi) is 7.99. The molecule has 0 saturated carbocycles. The molecule has 8 heteroatoms. The van der Waals surface area contributed by atoms with E-state index < -0.39 is 17.4 Å². The van der Waals surface area contributed by atoms with E-state index in [1.54, 1.807) is 48.3 Å². The van der Waals surface area contributed by atoms with Gasteiger partial charge in [0.05, 0.1) is 6.54 Å². The van der Waals surface area contributed by atoms with E-state index in [0.29, 0.717) is 28.0 Å². The molecule has 0 bridgehead atoms. The molecule has 1 heterocycles. The van der Waals surface area contributed by atoms with E-state index in [1.807, 2.05) is 28.8 Å². The molecule has 0 fully saturated rings. The summed E-state index contributed by atoms with van der Waals surface area (Å²) < 4.78 is 1.88. The van der Waals surface area contributed by atoms with Crippen molar-refractivity contribution in [3.05, 3.63) is 82.6 Å². The van der Waals surface area contributed by atoms with Crippen LogP contribution < -0.4 is 0 Å². The Bertz CT molecular complexity index is 1070. The molecule has 0 unspecified atom stereocenters. The summed E-state index contributed by atoms with van der Waals surface area (Å²) in [6.07, 6.45) is 2.20. The topological polar surface area (TPSA) is 92.4 Å². The van der Waals surface area contributed by atoms with Crippen molar-refractivity contribution < 1.29 is 19.8 Å². The minimum atomic E-state index is -2.02. The molecule has 6 nitrogen and oxygen atoms in total. The van der Waals surface area contributed by atoms with Gasteiger partial charge in [-0.2, -0.15) is 0 Å². The second kappa shape index (κ2) is 10.7. The Morgan fingerprint density at radius 3 is 2.31 bits per heavy atom. The molecule has 3 aromatic rings. The maximum atomic E-state index is 12.3. The maximum Gasteiger partial charge on any atom is 0.321 e. The van der Waals surface area contributed by atoms with Gasteiger partial charge >= 0.3 is 11.9 Å². The number of imidazole rings is 1. The summed E-state index contributed by atoms with van der Waals surface area (Å²) in [6, 6.07) is 16.2. The summed E-state index contributed by atoms with van der Waals surface area (Å²) in [6.45, 7) is 2.44. The zero-order valence-electron chi connectivity index (χ0n) is 17.7. The molecule has 0 atom stereocenters. The molecule has 2 N–H and O–H groups in total. The molecule has 168 valence electrons. The summed E-state index contributed by atoms with van der Waals surface area (Å²) in [4.78, 5) is 29.2. The van der Waals surface area contributed by atoms with Gasteiger partial charge in [-0.3, -0.25) is 9.59 Å². The van der Waals surface area contributed by atoms with Gasteiger partial charge in [-0.25, -0.2) is 4.98 Å². The number of carboxylic acid groups (broad SMARTS) is 2. The Morgan fingerprint density at radius 2 is 1.69 bits per heavy atom. The van der Waals surface area contributed by atoms with Crippen LogP contribution in [-0.2, 0) is 29.0 Å². The van der Waals surface area contributed by atoms with Crippen molar-refractivity contribution in [3.63, 3.8) is 0 Å². The third-order valence-corrected chi connectivity index (χ3v) is 6.84. The number of carbonyl (C=O) groups is 2. The van der Waals surface area contributed by atoms with Crippen LogP contribution in [0.1, 0.15) is 30.2 Å². The highest BCUT2D eigenvalue weighted by Gasteiger charge is 2.47. The molecule has 0 aliphatic rings. The van der Waals surface area contributed by atoms with Crippen LogP contribution in [0.15, 0.2) is 66.0 Å². The number of nitrogens with zero attached hydrogens (tertiary/aromatic N) is 2. The van der Waals surface area contributed by atoms with Crippen LogP contribution in [0.25, 0.3) is 0 Å². The van der Waals surface area contributed by atoms with E-state index in [9.17, 15) is 19.8 Å². The smallest absolute Gasteiger partial charge is 0.321 e. The van der Waals surface area contributed by atoms with E-state index in [2.05, 4.69) is 11.9 Å². The number of hydrogen-bond acceptors (Lipinski definition) is 4. The number of benzene rings is 2. The highest BCUT2D eigenvalue weighted by atomic mass is 35.5. The van der Waals surface area contributed by atoms with Crippen LogP contribution in [0.2, 0.25) is 5.02 Å². The first kappa shape index (κ1) is 23.9. The lowest BCUT2D eigenvalue weighted by Gasteiger charge is -2.26. The Balaban J connectivity index is 2.03. The number of rotatable bonds is 11.